The first-order valence-electron chi connectivity index (χ1n) is 4.90. The van der Waals surface area contributed by atoms with Gasteiger partial charge in [0, 0.05) is 0 Å². The Morgan fingerprint density at radius 2 is 1.62 bits per heavy atom. The molecule has 0 amide bonds. The molecule has 2 rings (SSSR count). The van der Waals surface area contributed by atoms with Gasteiger partial charge in [0.1, 0.15) is 0 Å². The minimum atomic E-state index is 0. The number of hydrogen-bond donors (Lipinski definition) is 0. The second-order valence-electron chi connectivity index (χ2n) is 3.77. The van der Waals surface area contributed by atoms with Crippen molar-refractivity contribution in [2.75, 3.05) is 0 Å². The van der Waals surface area contributed by atoms with Crippen LogP contribution in [-0.2, 0) is 24.7 Å². The van der Waals surface area contributed by atoms with Crippen LogP contribution in [0.4, 0.5) is 0 Å². The van der Waals surface area contributed by atoms with Gasteiger partial charge in [0.25, 0.3) is 0 Å². The average Bonchev–Trinajstić information content (AvgIpc) is 2.47. The van der Waals surface area contributed by atoms with Gasteiger partial charge in [-0.15, -0.1) is 0 Å². The summed E-state index contributed by atoms with van der Waals surface area (Å²) in [4.78, 5) is 0. The van der Waals surface area contributed by atoms with Gasteiger partial charge in [-0.1, -0.05) is 0 Å². The molecule has 1 aliphatic carbocycles. The zero-order chi connectivity index (χ0) is 10.1. The summed E-state index contributed by atoms with van der Waals surface area (Å²) < 4.78 is 1.59. The third-order valence-corrected chi connectivity index (χ3v) is 4.81. The Balaban J connectivity index is 0.00000112. The molecule has 1 atom stereocenters. The van der Waals surface area contributed by atoms with Crippen molar-refractivity contribution in [3.05, 3.63) is 50.8 Å². The Morgan fingerprint density at radius 1 is 1.06 bits per heavy atom. The van der Waals surface area contributed by atoms with Gasteiger partial charge in [-0.05, 0) is 0 Å². The first-order chi connectivity index (χ1) is 6.70. The summed E-state index contributed by atoms with van der Waals surface area (Å²) in [6.45, 7) is 4.52. The Morgan fingerprint density at radius 3 is 2.06 bits per heavy atom. The van der Waals surface area contributed by atoms with Gasteiger partial charge in [0.05, 0.1) is 0 Å². The van der Waals surface area contributed by atoms with Gasteiger partial charge < -0.3 is 24.8 Å². The van der Waals surface area contributed by atoms with Gasteiger partial charge in [0.15, 0.2) is 0 Å². The zero-order valence-electron chi connectivity index (χ0n) is 9.30. The minimum Gasteiger partial charge on any atom is -1.00 e. The van der Waals surface area contributed by atoms with Crippen LogP contribution >= 0.6 is 0 Å². The number of halogens is 2. The molecule has 0 radical (unpaired) electrons. The van der Waals surface area contributed by atoms with Crippen LogP contribution < -0.4 is 24.8 Å². The van der Waals surface area contributed by atoms with Crippen LogP contribution in [-0.4, -0.2) is 0 Å². The van der Waals surface area contributed by atoms with E-state index >= 15 is 0 Å². The van der Waals surface area contributed by atoms with Crippen LogP contribution in [0.5, 0.6) is 0 Å². The van der Waals surface area contributed by atoms with Crippen LogP contribution in [0.1, 0.15) is 19.4 Å². The summed E-state index contributed by atoms with van der Waals surface area (Å²) in [7, 11) is 0. The standard InChI is InChI=1S/C13H13.2ClH.Zr/c1-10-8-11(2)13(9-10)12-6-4-3-5-7-12;;;/h3-7,9-10H,1-2H3;2*1H;/q;;;+2/p-2. The fraction of sp³-hybridized carbons (Fsp3) is 0.231. The molecular formula is C13H13Cl2Zr. The smallest absolute Gasteiger partial charge is 1.00 e. The van der Waals surface area contributed by atoms with E-state index in [0.29, 0.717) is 5.92 Å². The maximum Gasteiger partial charge on any atom is -1.00 e. The molecule has 0 saturated carbocycles. The average molecular weight is 331 g/mol. The van der Waals surface area contributed by atoms with Crippen LogP contribution in [0.3, 0.4) is 0 Å². The second kappa shape index (κ2) is 6.79. The van der Waals surface area contributed by atoms with Crippen molar-refractivity contribution >= 4 is 5.57 Å². The van der Waals surface area contributed by atoms with Crippen molar-refractivity contribution in [3.63, 3.8) is 0 Å². The van der Waals surface area contributed by atoms with Crippen LogP contribution in [0.2, 0.25) is 0 Å². The van der Waals surface area contributed by atoms with Crippen molar-refractivity contribution in [1.82, 2.24) is 0 Å². The number of rotatable bonds is 1. The van der Waals surface area contributed by atoms with Crippen LogP contribution in [0.25, 0.3) is 5.57 Å². The fourth-order valence-electron chi connectivity index (χ4n) is 1.88. The molecule has 0 saturated heterocycles. The Bertz CT molecular complexity index is 407. The van der Waals surface area contributed by atoms with Crippen molar-refractivity contribution < 1.29 is 49.5 Å². The van der Waals surface area contributed by atoms with Crippen molar-refractivity contribution in [3.8, 4) is 0 Å². The van der Waals surface area contributed by atoms with Gasteiger partial charge in [-0.25, -0.2) is 0 Å². The van der Waals surface area contributed by atoms with E-state index in [2.05, 4.69) is 50.3 Å². The molecule has 1 aliphatic rings. The van der Waals surface area contributed by atoms with E-state index in [1.54, 1.807) is 28.0 Å². The third kappa shape index (κ3) is 3.09. The quantitative estimate of drug-likeness (QED) is 0.536. The van der Waals surface area contributed by atoms with Gasteiger partial charge in [-0.3, -0.25) is 0 Å². The first-order valence-corrected chi connectivity index (χ1v) is 6.13. The predicted octanol–water partition coefficient (Wildman–Crippen LogP) is -2.45. The van der Waals surface area contributed by atoms with E-state index in [4.69, 9.17) is 0 Å². The van der Waals surface area contributed by atoms with E-state index in [0.717, 1.165) is 0 Å². The number of benzene rings is 1. The molecule has 16 heavy (non-hydrogen) atoms. The molecule has 0 nitrogen and oxygen atoms in total. The van der Waals surface area contributed by atoms with Crippen molar-refractivity contribution in [2.24, 2.45) is 5.92 Å². The molecule has 0 fully saturated rings. The molecule has 0 aromatic heterocycles. The number of hydrogen-bond acceptors (Lipinski definition) is 0. The summed E-state index contributed by atoms with van der Waals surface area (Å²) in [5.74, 6) is 0.642. The molecular weight excluding hydrogens is 318 g/mol. The molecule has 1 aromatic carbocycles. The maximum atomic E-state index is 2.38. The Hall–Kier alpha value is 0.163. The maximum absolute atomic E-state index is 2.38. The molecule has 83 valence electrons. The van der Waals surface area contributed by atoms with E-state index in [1.165, 1.54) is 16.7 Å². The van der Waals surface area contributed by atoms with Gasteiger partial charge in [0.2, 0.25) is 0 Å². The summed E-state index contributed by atoms with van der Waals surface area (Å²) in [5, 5.41) is 0. The fourth-order valence-corrected chi connectivity index (χ4v) is 2.41. The van der Waals surface area contributed by atoms with Gasteiger partial charge in [-0.2, -0.15) is 0 Å². The minimum absolute atomic E-state index is 0. The molecule has 0 spiro atoms. The molecule has 1 unspecified atom stereocenters. The van der Waals surface area contributed by atoms with Crippen LogP contribution in [0.15, 0.2) is 45.3 Å². The molecule has 3 heteroatoms. The Kier molecular flexibility index (Phi) is 6.86. The zero-order valence-corrected chi connectivity index (χ0v) is 13.3. The second-order valence-corrected chi connectivity index (χ2v) is 5.10. The monoisotopic (exact) mass is 329 g/mol. The van der Waals surface area contributed by atoms with E-state index in [1.807, 2.05) is 0 Å². The van der Waals surface area contributed by atoms with Crippen LogP contribution in [0, 0.1) is 5.92 Å². The molecule has 1 aromatic rings. The molecule has 0 aliphatic heterocycles. The summed E-state index contributed by atoms with van der Waals surface area (Å²) in [6.07, 6.45) is 2.38. The molecule has 0 heterocycles. The topological polar surface area (TPSA) is 0 Å². The largest absolute Gasteiger partial charge is 1.00 e. The normalized spacial score (nSPS) is 18.8. The third-order valence-electron chi connectivity index (χ3n) is 2.76. The summed E-state index contributed by atoms with van der Waals surface area (Å²) in [5.41, 5.74) is 4.28. The predicted molar refractivity (Wildman–Crippen MR) is 56.3 cm³/mol. The summed E-state index contributed by atoms with van der Waals surface area (Å²) in [6, 6.07) is 10.7. The van der Waals surface area contributed by atoms with Gasteiger partial charge >= 0.3 is 101 Å². The van der Waals surface area contributed by atoms with E-state index in [-0.39, 0.29) is 24.8 Å². The van der Waals surface area contributed by atoms with E-state index < -0.39 is 0 Å². The van der Waals surface area contributed by atoms with Crippen molar-refractivity contribution in [2.45, 2.75) is 13.8 Å². The summed E-state index contributed by atoms with van der Waals surface area (Å²) >= 11 is 1.55. The Labute approximate surface area is 125 Å². The number of allylic oxidation sites excluding steroid dienone is 4. The first kappa shape index (κ1) is 16.2. The molecule has 0 bridgehead atoms. The van der Waals surface area contributed by atoms with E-state index in [9.17, 15) is 0 Å². The SMILES string of the molecule is CC1=[C]([Zr+2])C(C)C=C1c1ccccc1.[Cl-].[Cl-]. The van der Waals surface area contributed by atoms with Crippen molar-refractivity contribution in [1.29, 1.82) is 0 Å². The molecule has 0 N–H and O–H groups in total.